The fraction of sp³-hybridized carbons (Fsp3) is 0.421. The molecule has 154 valence electrons. The molecule has 0 saturated carbocycles. The number of benzene rings is 1. The third-order valence-corrected chi connectivity index (χ3v) is 5.10. The Morgan fingerprint density at radius 1 is 1.17 bits per heavy atom. The van der Waals surface area contributed by atoms with Gasteiger partial charge in [0.15, 0.2) is 17.3 Å². The Hall–Kier alpha value is -3.04. The minimum Gasteiger partial charge on any atom is -0.493 e. The van der Waals surface area contributed by atoms with Crippen LogP contribution in [0.2, 0.25) is 0 Å². The third-order valence-electron chi connectivity index (χ3n) is 5.10. The molecule has 10 heteroatoms. The molecule has 1 aromatic heterocycles. The van der Waals surface area contributed by atoms with Crippen molar-refractivity contribution in [2.24, 2.45) is 5.92 Å². The highest BCUT2D eigenvalue weighted by atomic mass is 19.4. The van der Waals surface area contributed by atoms with Crippen molar-refractivity contribution in [3.63, 3.8) is 0 Å². The maximum atomic E-state index is 13.2. The molecular weight excluding hydrogens is 389 g/mol. The van der Waals surface area contributed by atoms with Crippen LogP contribution in [0.3, 0.4) is 0 Å². The predicted octanol–water partition coefficient (Wildman–Crippen LogP) is 3.58. The number of hydrogen-bond acceptors (Lipinski definition) is 6. The summed E-state index contributed by atoms with van der Waals surface area (Å²) in [6.07, 6.45) is -3.84. The summed E-state index contributed by atoms with van der Waals surface area (Å²) in [7, 11) is 2.95. The number of allylic oxidation sites excluding steroid dienone is 2. The second kappa shape index (κ2) is 6.78. The van der Waals surface area contributed by atoms with Crippen LogP contribution in [-0.2, 0) is 11.0 Å². The van der Waals surface area contributed by atoms with E-state index in [1.807, 2.05) is 6.92 Å². The van der Waals surface area contributed by atoms with Crippen molar-refractivity contribution in [2.75, 3.05) is 19.5 Å². The van der Waals surface area contributed by atoms with Crippen molar-refractivity contribution in [1.82, 2.24) is 14.8 Å². The molecule has 2 heterocycles. The molecule has 2 aromatic rings. The number of halogens is 3. The van der Waals surface area contributed by atoms with Gasteiger partial charge in [-0.15, -0.1) is 5.10 Å². The highest BCUT2D eigenvalue weighted by Gasteiger charge is 2.43. The quantitative estimate of drug-likeness (QED) is 0.837. The molecule has 0 spiro atoms. The van der Waals surface area contributed by atoms with Crippen molar-refractivity contribution in [3.8, 4) is 11.5 Å². The summed E-state index contributed by atoms with van der Waals surface area (Å²) in [5, 5.41) is 6.58. The Morgan fingerprint density at radius 3 is 2.55 bits per heavy atom. The van der Waals surface area contributed by atoms with Gasteiger partial charge in [0, 0.05) is 17.7 Å². The Labute approximate surface area is 164 Å². The zero-order valence-electron chi connectivity index (χ0n) is 16.0. The molecule has 1 aromatic carbocycles. The Balaban J connectivity index is 1.91. The molecule has 2 aliphatic rings. The molecule has 29 heavy (non-hydrogen) atoms. The molecule has 1 aliphatic carbocycles. The molecule has 4 rings (SSSR count). The van der Waals surface area contributed by atoms with Gasteiger partial charge in [0.2, 0.25) is 5.95 Å². The minimum absolute atomic E-state index is 0.0437. The van der Waals surface area contributed by atoms with Crippen molar-refractivity contribution in [2.45, 2.75) is 32.0 Å². The molecule has 0 unspecified atom stereocenters. The number of ketones is 1. The Morgan fingerprint density at radius 2 is 1.90 bits per heavy atom. The standard InChI is InChI=1S/C19H19F3N4O3/c1-9-6-11-15(12(27)7-9)16(10-4-5-13(28-2)14(8-10)29-3)26-18(23-11)24-17(25-26)19(20,21)22/h4-5,8-9,16H,6-7H2,1-3H3,(H,23,24,25)/t9-,16+/m1/s1. The van der Waals surface area contributed by atoms with Crippen LogP contribution < -0.4 is 14.8 Å². The summed E-state index contributed by atoms with van der Waals surface area (Å²) in [5.41, 5.74) is 1.54. The number of nitrogens with one attached hydrogen (secondary N) is 1. The number of anilines is 1. The monoisotopic (exact) mass is 408 g/mol. The lowest BCUT2D eigenvalue weighted by atomic mass is 9.81. The topological polar surface area (TPSA) is 78.3 Å². The fourth-order valence-corrected chi connectivity index (χ4v) is 3.86. The van der Waals surface area contributed by atoms with E-state index in [1.54, 1.807) is 18.2 Å². The number of ether oxygens (including phenoxy) is 2. The number of hydrogen-bond donors (Lipinski definition) is 1. The zero-order chi connectivity index (χ0) is 20.9. The van der Waals surface area contributed by atoms with Gasteiger partial charge in [-0.1, -0.05) is 13.0 Å². The smallest absolute Gasteiger partial charge is 0.453 e. The summed E-state index contributed by atoms with van der Waals surface area (Å²) < 4.78 is 51.4. The number of carbonyl (C=O) groups excluding carboxylic acids is 1. The van der Waals surface area contributed by atoms with Crippen molar-refractivity contribution in [3.05, 3.63) is 40.9 Å². The van der Waals surface area contributed by atoms with E-state index >= 15 is 0 Å². The first kappa shape index (κ1) is 19.3. The number of fused-ring (bicyclic) bond motifs is 1. The largest absolute Gasteiger partial charge is 0.493 e. The van der Waals surface area contributed by atoms with E-state index in [-0.39, 0.29) is 17.6 Å². The van der Waals surface area contributed by atoms with Gasteiger partial charge in [-0.2, -0.15) is 18.2 Å². The Bertz CT molecular complexity index is 1010. The normalized spacial score (nSPS) is 21.4. The number of nitrogens with zero attached hydrogens (tertiary/aromatic N) is 3. The van der Waals surface area contributed by atoms with Crippen LogP contribution in [0.1, 0.15) is 37.2 Å². The highest BCUT2D eigenvalue weighted by Crippen LogP contribution is 2.43. The fourth-order valence-electron chi connectivity index (χ4n) is 3.86. The van der Waals surface area contributed by atoms with Crippen molar-refractivity contribution >= 4 is 11.7 Å². The number of methoxy groups -OCH3 is 2. The number of carbonyl (C=O) groups is 1. The van der Waals surface area contributed by atoms with E-state index in [1.165, 1.54) is 14.2 Å². The molecule has 2 atom stereocenters. The van der Waals surface area contributed by atoms with Crippen molar-refractivity contribution < 1.29 is 27.4 Å². The Kier molecular flexibility index (Phi) is 4.51. The lowest BCUT2D eigenvalue weighted by Gasteiger charge is -2.34. The summed E-state index contributed by atoms with van der Waals surface area (Å²) in [6, 6.07) is 4.13. The molecule has 0 radical (unpaired) electrons. The maximum Gasteiger partial charge on any atom is 0.453 e. The number of alkyl halides is 3. The summed E-state index contributed by atoms with van der Waals surface area (Å²) >= 11 is 0. The number of rotatable bonds is 3. The van der Waals surface area contributed by atoms with Crippen LogP contribution in [-0.4, -0.2) is 34.8 Å². The lowest BCUT2D eigenvalue weighted by Crippen LogP contribution is -2.33. The van der Waals surface area contributed by atoms with Crippen molar-refractivity contribution in [1.29, 1.82) is 0 Å². The molecular formula is C19H19F3N4O3. The second-order valence-electron chi connectivity index (χ2n) is 7.17. The van der Waals surface area contributed by atoms with E-state index in [2.05, 4.69) is 15.4 Å². The van der Waals surface area contributed by atoms with Gasteiger partial charge in [-0.3, -0.25) is 4.79 Å². The molecule has 0 saturated heterocycles. The molecule has 0 amide bonds. The van der Waals surface area contributed by atoms with Crippen LogP contribution in [0, 0.1) is 5.92 Å². The van der Waals surface area contributed by atoms with E-state index in [0.717, 1.165) is 4.68 Å². The maximum absolute atomic E-state index is 13.2. The van der Waals surface area contributed by atoms with Crippen LogP contribution in [0.5, 0.6) is 11.5 Å². The first-order valence-electron chi connectivity index (χ1n) is 9.01. The molecule has 0 fully saturated rings. The summed E-state index contributed by atoms with van der Waals surface area (Å²) in [4.78, 5) is 16.5. The van der Waals surface area contributed by atoms with Gasteiger partial charge in [-0.05, 0) is 30.0 Å². The third kappa shape index (κ3) is 3.22. The highest BCUT2D eigenvalue weighted by molar-refractivity contribution is 5.99. The minimum atomic E-state index is -4.70. The van der Waals surface area contributed by atoms with E-state index in [0.29, 0.717) is 41.2 Å². The summed E-state index contributed by atoms with van der Waals surface area (Å²) in [5.74, 6) is -0.474. The zero-order valence-corrected chi connectivity index (χ0v) is 16.0. The van der Waals surface area contributed by atoms with Crippen LogP contribution in [0.25, 0.3) is 0 Å². The van der Waals surface area contributed by atoms with Gasteiger partial charge in [-0.25, -0.2) is 4.68 Å². The van der Waals surface area contributed by atoms with Crippen LogP contribution in [0.4, 0.5) is 19.1 Å². The molecule has 1 aliphatic heterocycles. The molecule has 0 bridgehead atoms. The van der Waals surface area contributed by atoms with Gasteiger partial charge in [0.1, 0.15) is 6.04 Å². The average molecular weight is 408 g/mol. The van der Waals surface area contributed by atoms with E-state index in [9.17, 15) is 18.0 Å². The van der Waals surface area contributed by atoms with Gasteiger partial charge in [0.05, 0.1) is 14.2 Å². The number of aromatic nitrogens is 3. The van der Waals surface area contributed by atoms with Gasteiger partial charge < -0.3 is 14.8 Å². The second-order valence-corrected chi connectivity index (χ2v) is 7.17. The SMILES string of the molecule is COc1ccc([C@H]2C3=C(C[C@@H](C)CC3=O)Nc3nc(C(F)(F)F)nn32)cc1OC. The number of Topliss-reactive ketones (excluding diaryl/α,β-unsaturated/α-hetero) is 1. The average Bonchev–Trinajstić information content (AvgIpc) is 3.09. The van der Waals surface area contributed by atoms with E-state index < -0.39 is 18.0 Å². The first-order valence-corrected chi connectivity index (χ1v) is 9.01. The van der Waals surface area contributed by atoms with Crippen LogP contribution in [0.15, 0.2) is 29.5 Å². The van der Waals surface area contributed by atoms with E-state index in [4.69, 9.17) is 9.47 Å². The van der Waals surface area contributed by atoms with Gasteiger partial charge >= 0.3 is 6.18 Å². The summed E-state index contributed by atoms with van der Waals surface area (Å²) in [6.45, 7) is 1.93. The molecule has 7 nitrogen and oxygen atoms in total. The predicted molar refractivity (Wildman–Crippen MR) is 96.8 cm³/mol. The first-order chi connectivity index (χ1) is 13.7. The van der Waals surface area contributed by atoms with Gasteiger partial charge in [0.25, 0.3) is 5.82 Å². The molecule has 1 N–H and O–H groups in total. The van der Waals surface area contributed by atoms with Crippen LogP contribution >= 0.6 is 0 Å². The lowest BCUT2D eigenvalue weighted by molar-refractivity contribution is -0.145.